The quantitative estimate of drug-likeness (QED) is 0.627. The fourth-order valence-corrected chi connectivity index (χ4v) is 1.69. The summed E-state index contributed by atoms with van der Waals surface area (Å²) in [6, 6.07) is 4.46. The van der Waals surface area contributed by atoms with Crippen LogP contribution >= 0.6 is 11.6 Å². The van der Waals surface area contributed by atoms with E-state index in [4.69, 9.17) is 16.7 Å². The average Bonchev–Trinajstić information content (AvgIpc) is 3.01. The van der Waals surface area contributed by atoms with Gasteiger partial charge in [-0.1, -0.05) is 11.6 Å². The van der Waals surface area contributed by atoms with Gasteiger partial charge in [-0.2, -0.15) is 0 Å². The van der Waals surface area contributed by atoms with Gasteiger partial charge in [0, 0.05) is 11.1 Å². The second-order valence-corrected chi connectivity index (χ2v) is 4.42. The maximum Gasteiger partial charge on any atom is 0.293 e. The summed E-state index contributed by atoms with van der Waals surface area (Å²) >= 11 is 5.70. The predicted molar refractivity (Wildman–Crippen MR) is 60.8 cm³/mol. The molecule has 0 aliphatic heterocycles. The van der Waals surface area contributed by atoms with Crippen molar-refractivity contribution >= 4 is 23.0 Å². The molecule has 0 saturated heterocycles. The lowest BCUT2D eigenvalue weighted by Crippen LogP contribution is -2.25. The topological polar surface area (TPSA) is 75.4 Å². The Kier molecular flexibility index (Phi) is 2.73. The van der Waals surface area contributed by atoms with Crippen molar-refractivity contribution in [2.24, 2.45) is 0 Å². The molecule has 6 heteroatoms. The molecular weight excluding hydrogens is 232 g/mol. The van der Waals surface area contributed by atoms with Gasteiger partial charge in [0.1, 0.15) is 5.69 Å². The number of halogens is 1. The largest absolute Gasteiger partial charge is 0.394 e. The Labute approximate surface area is 97.2 Å². The van der Waals surface area contributed by atoms with E-state index in [2.05, 4.69) is 5.32 Å². The van der Waals surface area contributed by atoms with Gasteiger partial charge in [-0.05, 0) is 25.0 Å². The van der Waals surface area contributed by atoms with E-state index >= 15 is 0 Å². The second-order valence-electron chi connectivity index (χ2n) is 3.98. The highest BCUT2D eigenvalue weighted by Crippen LogP contribution is 2.41. The highest BCUT2D eigenvalue weighted by atomic mass is 35.5. The van der Waals surface area contributed by atoms with Crippen molar-refractivity contribution in [2.45, 2.75) is 18.4 Å². The molecule has 2 N–H and O–H groups in total. The molecule has 1 saturated carbocycles. The van der Waals surface area contributed by atoms with Crippen LogP contribution in [0.25, 0.3) is 0 Å². The summed E-state index contributed by atoms with van der Waals surface area (Å²) in [6.45, 7) is -0.0211. The molecule has 0 spiro atoms. The summed E-state index contributed by atoms with van der Waals surface area (Å²) in [5.41, 5.74) is -0.0355. The first-order valence-corrected chi connectivity index (χ1v) is 5.27. The fraction of sp³-hybridized carbons (Fsp3) is 0.400. The van der Waals surface area contributed by atoms with Crippen LogP contribution in [0.2, 0.25) is 5.02 Å². The molecular formula is C10H11ClN2O3. The van der Waals surface area contributed by atoms with Crippen LogP contribution < -0.4 is 5.32 Å². The number of anilines is 1. The molecule has 1 fully saturated rings. The number of nitrogens with one attached hydrogen (secondary N) is 1. The summed E-state index contributed by atoms with van der Waals surface area (Å²) in [4.78, 5) is 10.3. The van der Waals surface area contributed by atoms with Gasteiger partial charge in [0.2, 0.25) is 0 Å². The highest BCUT2D eigenvalue weighted by molar-refractivity contribution is 6.30. The Bertz CT molecular complexity index is 432. The summed E-state index contributed by atoms with van der Waals surface area (Å²) in [5, 5.41) is 23.3. The van der Waals surface area contributed by atoms with Crippen LogP contribution in [0, 0.1) is 10.1 Å². The lowest BCUT2D eigenvalue weighted by Gasteiger charge is -2.15. The smallest absolute Gasteiger partial charge is 0.293 e. The number of benzene rings is 1. The Hall–Kier alpha value is -1.33. The molecule has 0 unspecified atom stereocenters. The molecule has 1 aliphatic rings. The molecule has 0 heterocycles. The summed E-state index contributed by atoms with van der Waals surface area (Å²) in [6.07, 6.45) is 1.65. The van der Waals surface area contributed by atoms with E-state index in [1.54, 1.807) is 12.1 Å². The van der Waals surface area contributed by atoms with Gasteiger partial charge in [0.25, 0.3) is 5.69 Å². The number of hydrogen-bond acceptors (Lipinski definition) is 4. The molecule has 1 aromatic rings. The van der Waals surface area contributed by atoms with Crippen LogP contribution in [0.4, 0.5) is 11.4 Å². The van der Waals surface area contributed by atoms with Crippen molar-refractivity contribution in [2.75, 3.05) is 11.9 Å². The zero-order valence-electron chi connectivity index (χ0n) is 8.44. The Balaban J connectivity index is 2.29. The minimum atomic E-state index is -0.484. The third-order valence-corrected chi connectivity index (χ3v) is 2.95. The zero-order valence-corrected chi connectivity index (χ0v) is 9.20. The van der Waals surface area contributed by atoms with Gasteiger partial charge in [-0.15, -0.1) is 0 Å². The van der Waals surface area contributed by atoms with Gasteiger partial charge >= 0.3 is 0 Å². The molecule has 0 aromatic heterocycles. The van der Waals surface area contributed by atoms with Crippen LogP contribution in [0.3, 0.4) is 0 Å². The maximum atomic E-state index is 10.8. The highest BCUT2D eigenvalue weighted by Gasteiger charge is 2.43. The van der Waals surface area contributed by atoms with Crippen molar-refractivity contribution in [1.82, 2.24) is 0 Å². The molecule has 0 amide bonds. The number of nitro groups is 1. The minimum absolute atomic E-state index is 0.0211. The van der Waals surface area contributed by atoms with Crippen LogP contribution in [0.5, 0.6) is 0 Å². The van der Waals surface area contributed by atoms with E-state index in [0.29, 0.717) is 10.7 Å². The first-order valence-electron chi connectivity index (χ1n) is 4.89. The standard InChI is InChI=1S/C10H11ClN2O3/c11-7-1-2-8(9(5-7)13(15)16)12-10(6-14)3-4-10/h1-2,5,12,14H,3-4,6H2. The van der Waals surface area contributed by atoms with Crippen LogP contribution in [-0.2, 0) is 0 Å². The molecule has 0 bridgehead atoms. The number of aliphatic hydroxyl groups excluding tert-OH is 1. The third-order valence-electron chi connectivity index (χ3n) is 2.71. The van der Waals surface area contributed by atoms with Crippen molar-refractivity contribution in [3.8, 4) is 0 Å². The minimum Gasteiger partial charge on any atom is -0.394 e. The normalized spacial score (nSPS) is 16.9. The zero-order chi connectivity index (χ0) is 11.8. The Morgan fingerprint density at radius 2 is 2.25 bits per heavy atom. The van der Waals surface area contributed by atoms with E-state index in [0.717, 1.165) is 12.8 Å². The third kappa shape index (κ3) is 2.10. The molecule has 1 aromatic carbocycles. The molecule has 1 aliphatic carbocycles. The molecule has 86 valence electrons. The lowest BCUT2D eigenvalue weighted by molar-refractivity contribution is -0.384. The molecule has 0 atom stereocenters. The number of aliphatic hydroxyl groups is 1. The second kappa shape index (κ2) is 3.92. The first-order chi connectivity index (χ1) is 7.56. The first kappa shape index (κ1) is 11.2. The van der Waals surface area contributed by atoms with Crippen LogP contribution in [0.1, 0.15) is 12.8 Å². The maximum absolute atomic E-state index is 10.8. The van der Waals surface area contributed by atoms with Gasteiger partial charge in [-0.25, -0.2) is 0 Å². The van der Waals surface area contributed by atoms with E-state index < -0.39 is 4.92 Å². The summed E-state index contributed by atoms with van der Waals surface area (Å²) in [5.74, 6) is 0. The Morgan fingerprint density at radius 1 is 1.56 bits per heavy atom. The van der Waals surface area contributed by atoms with Crippen LogP contribution in [-0.4, -0.2) is 22.2 Å². The van der Waals surface area contributed by atoms with Gasteiger partial charge in [-0.3, -0.25) is 10.1 Å². The Morgan fingerprint density at radius 3 is 2.75 bits per heavy atom. The predicted octanol–water partition coefficient (Wildman–Crippen LogP) is 2.18. The number of rotatable bonds is 4. The van der Waals surface area contributed by atoms with Crippen molar-refractivity contribution in [3.63, 3.8) is 0 Å². The van der Waals surface area contributed by atoms with Crippen LogP contribution in [0.15, 0.2) is 18.2 Å². The lowest BCUT2D eigenvalue weighted by atomic mass is 10.2. The van der Waals surface area contributed by atoms with Gasteiger partial charge in [0.15, 0.2) is 0 Å². The summed E-state index contributed by atoms with van der Waals surface area (Å²) < 4.78 is 0. The number of nitrogens with zero attached hydrogens (tertiary/aromatic N) is 1. The monoisotopic (exact) mass is 242 g/mol. The van der Waals surface area contributed by atoms with E-state index in [1.807, 2.05) is 0 Å². The number of nitro benzene ring substituents is 1. The van der Waals surface area contributed by atoms with Crippen molar-refractivity contribution < 1.29 is 10.0 Å². The van der Waals surface area contributed by atoms with Gasteiger partial charge < -0.3 is 10.4 Å². The van der Waals surface area contributed by atoms with E-state index in [1.165, 1.54) is 6.07 Å². The number of hydrogen-bond donors (Lipinski definition) is 2. The van der Waals surface area contributed by atoms with E-state index in [9.17, 15) is 10.1 Å². The van der Waals surface area contributed by atoms with Crippen molar-refractivity contribution in [1.29, 1.82) is 0 Å². The van der Waals surface area contributed by atoms with Crippen molar-refractivity contribution in [3.05, 3.63) is 33.3 Å². The van der Waals surface area contributed by atoms with E-state index in [-0.39, 0.29) is 17.8 Å². The molecule has 2 rings (SSSR count). The molecule has 5 nitrogen and oxygen atoms in total. The average molecular weight is 243 g/mol. The fourth-order valence-electron chi connectivity index (χ4n) is 1.52. The SMILES string of the molecule is O=[N+]([O-])c1cc(Cl)ccc1NC1(CO)CC1. The molecule has 16 heavy (non-hydrogen) atoms. The molecule has 0 radical (unpaired) electrons. The summed E-state index contributed by atoms with van der Waals surface area (Å²) in [7, 11) is 0. The van der Waals surface area contributed by atoms with Gasteiger partial charge in [0.05, 0.1) is 17.1 Å².